The number of hydrogen-bond donors (Lipinski definition) is 2. The molecule has 100 valence electrons. The molecule has 0 saturated carbocycles. The number of rotatable bonds is 7. The van der Waals surface area contributed by atoms with Crippen molar-refractivity contribution in [1.82, 2.24) is 0 Å². The number of aryl methyl sites for hydroxylation is 1. The van der Waals surface area contributed by atoms with Gasteiger partial charge in [0.25, 0.3) is 0 Å². The lowest BCUT2D eigenvalue weighted by Gasteiger charge is -2.25. The Kier molecular flexibility index (Phi) is 5.49. The second-order valence-corrected chi connectivity index (χ2v) is 4.60. The van der Waals surface area contributed by atoms with E-state index in [0.717, 1.165) is 42.9 Å². The van der Waals surface area contributed by atoms with Crippen LogP contribution in [0.4, 0.5) is 11.4 Å². The predicted octanol–water partition coefficient (Wildman–Crippen LogP) is 2.06. The Morgan fingerprint density at radius 1 is 1.33 bits per heavy atom. The molecule has 0 fully saturated rings. The Bertz CT molecular complexity index is 404. The smallest absolute Gasteiger partial charge is 0.217 e. The minimum atomic E-state index is -0.236. The zero-order valence-corrected chi connectivity index (χ0v) is 11.3. The topological polar surface area (TPSA) is 72.3 Å². The van der Waals surface area contributed by atoms with E-state index < -0.39 is 0 Å². The van der Waals surface area contributed by atoms with Gasteiger partial charge in [0.2, 0.25) is 5.91 Å². The fourth-order valence-corrected chi connectivity index (χ4v) is 1.94. The molecule has 0 bridgehead atoms. The van der Waals surface area contributed by atoms with Gasteiger partial charge in [-0.15, -0.1) is 0 Å². The molecule has 0 radical (unpaired) electrons. The van der Waals surface area contributed by atoms with E-state index in [1.807, 2.05) is 19.1 Å². The van der Waals surface area contributed by atoms with Gasteiger partial charge >= 0.3 is 0 Å². The van der Waals surface area contributed by atoms with Crippen LogP contribution in [0.3, 0.4) is 0 Å². The van der Waals surface area contributed by atoms with Crippen LogP contribution in [0.2, 0.25) is 0 Å². The van der Waals surface area contributed by atoms with Gasteiger partial charge in [0.1, 0.15) is 0 Å². The summed E-state index contributed by atoms with van der Waals surface area (Å²) in [6.07, 6.45) is 2.30. The largest absolute Gasteiger partial charge is 0.399 e. The number of nitrogen functional groups attached to an aromatic ring is 1. The lowest BCUT2D eigenvalue weighted by molar-refractivity contribution is -0.118. The highest BCUT2D eigenvalue weighted by Crippen LogP contribution is 2.21. The lowest BCUT2D eigenvalue weighted by atomic mass is 10.1. The zero-order chi connectivity index (χ0) is 13.5. The Labute approximate surface area is 109 Å². The number of carbonyl (C=O) groups excluding carboxylic acids is 1. The average Bonchev–Trinajstić information content (AvgIpc) is 2.31. The maximum atomic E-state index is 10.8. The summed E-state index contributed by atoms with van der Waals surface area (Å²) in [5, 5.41) is 0. The molecule has 0 spiro atoms. The fraction of sp³-hybridized carbons (Fsp3) is 0.500. The summed E-state index contributed by atoms with van der Waals surface area (Å²) in [6, 6.07) is 6.05. The van der Waals surface area contributed by atoms with E-state index in [1.165, 1.54) is 0 Å². The number of nitrogens with zero attached hydrogens (tertiary/aromatic N) is 1. The monoisotopic (exact) mass is 249 g/mol. The van der Waals surface area contributed by atoms with Crippen LogP contribution in [0, 0.1) is 6.92 Å². The number of nitrogens with two attached hydrogens (primary N) is 2. The molecule has 4 N–H and O–H groups in total. The molecule has 1 rings (SSSR count). The molecule has 4 nitrogen and oxygen atoms in total. The van der Waals surface area contributed by atoms with Crippen molar-refractivity contribution < 1.29 is 4.79 Å². The quantitative estimate of drug-likeness (QED) is 0.726. The van der Waals surface area contributed by atoms with Crippen molar-refractivity contribution in [3.05, 3.63) is 23.8 Å². The molecule has 0 aliphatic heterocycles. The third-order valence-electron chi connectivity index (χ3n) is 2.96. The molecule has 0 atom stereocenters. The normalized spacial score (nSPS) is 10.3. The van der Waals surface area contributed by atoms with Gasteiger partial charge in [-0.3, -0.25) is 4.79 Å². The van der Waals surface area contributed by atoms with Crippen molar-refractivity contribution >= 4 is 17.3 Å². The van der Waals surface area contributed by atoms with Crippen molar-refractivity contribution in [3.8, 4) is 0 Å². The predicted molar refractivity (Wildman–Crippen MR) is 76.5 cm³/mol. The molecular weight excluding hydrogens is 226 g/mol. The highest BCUT2D eigenvalue weighted by Gasteiger charge is 2.07. The number of hydrogen-bond acceptors (Lipinski definition) is 3. The van der Waals surface area contributed by atoms with E-state index in [2.05, 4.69) is 17.9 Å². The first-order chi connectivity index (χ1) is 8.54. The highest BCUT2D eigenvalue weighted by atomic mass is 16.1. The Hall–Kier alpha value is -1.71. The van der Waals surface area contributed by atoms with E-state index >= 15 is 0 Å². The van der Waals surface area contributed by atoms with Gasteiger partial charge in [0, 0.05) is 30.9 Å². The molecular formula is C14H23N3O. The Balaban J connectivity index is 2.70. The molecule has 0 saturated heterocycles. The molecule has 0 aliphatic carbocycles. The Morgan fingerprint density at radius 2 is 2.06 bits per heavy atom. The van der Waals surface area contributed by atoms with Crippen LogP contribution in [-0.2, 0) is 4.79 Å². The number of carbonyl (C=O) groups is 1. The van der Waals surface area contributed by atoms with Gasteiger partial charge in [0.05, 0.1) is 0 Å². The van der Waals surface area contributed by atoms with Gasteiger partial charge in [0.15, 0.2) is 0 Å². The van der Waals surface area contributed by atoms with Crippen LogP contribution in [-0.4, -0.2) is 19.0 Å². The number of anilines is 2. The maximum Gasteiger partial charge on any atom is 0.217 e. The van der Waals surface area contributed by atoms with Crippen molar-refractivity contribution in [1.29, 1.82) is 0 Å². The van der Waals surface area contributed by atoms with Gasteiger partial charge in [-0.05, 0) is 43.5 Å². The van der Waals surface area contributed by atoms with E-state index in [9.17, 15) is 4.79 Å². The van der Waals surface area contributed by atoms with Gasteiger partial charge < -0.3 is 16.4 Å². The number of benzene rings is 1. The molecule has 0 aliphatic rings. The first-order valence-electron chi connectivity index (χ1n) is 6.44. The molecule has 0 unspecified atom stereocenters. The summed E-state index contributed by atoms with van der Waals surface area (Å²) in [7, 11) is 0. The highest BCUT2D eigenvalue weighted by molar-refractivity contribution is 5.73. The Morgan fingerprint density at radius 3 is 2.61 bits per heavy atom. The average molecular weight is 249 g/mol. The van der Waals surface area contributed by atoms with Crippen molar-refractivity contribution in [2.45, 2.75) is 33.1 Å². The number of primary amides is 1. The second kappa shape index (κ2) is 6.89. The first-order valence-corrected chi connectivity index (χ1v) is 6.44. The van der Waals surface area contributed by atoms with Crippen LogP contribution >= 0.6 is 0 Å². The third kappa shape index (κ3) is 4.28. The van der Waals surface area contributed by atoms with Gasteiger partial charge in [-0.25, -0.2) is 0 Å². The minimum Gasteiger partial charge on any atom is -0.399 e. The first kappa shape index (κ1) is 14.4. The molecule has 0 aromatic heterocycles. The molecule has 0 heterocycles. The third-order valence-corrected chi connectivity index (χ3v) is 2.96. The van der Waals surface area contributed by atoms with Crippen LogP contribution in [0.25, 0.3) is 0 Å². The molecule has 1 amide bonds. The summed E-state index contributed by atoms with van der Waals surface area (Å²) in [4.78, 5) is 13.0. The lowest BCUT2D eigenvalue weighted by Crippen LogP contribution is -2.26. The van der Waals surface area contributed by atoms with Crippen LogP contribution in [0.1, 0.15) is 31.7 Å². The molecule has 4 heteroatoms. The van der Waals surface area contributed by atoms with Gasteiger partial charge in [-0.2, -0.15) is 0 Å². The van der Waals surface area contributed by atoms with E-state index in [0.29, 0.717) is 6.42 Å². The van der Waals surface area contributed by atoms with E-state index in [1.54, 1.807) is 0 Å². The van der Waals surface area contributed by atoms with Crippen LogP contribution in [0.15, 0.2) is 18.2 Å². The summed E-state index contributed by atoms with van der Waals surface area (Å²) in [6.45, 7) is 5.97. The van der Waals surface area contributed by atoms with Crippen molar-refractivity contribution in [2.24, 2.45) is 5.73 Å². The molecule has 1 aromatic rings. The van der Waals surface area contributed by atoms with Crippen molar-refractivity contribution in [2.75, 3.05) is 23.7 Å². The second-order valence-electron chi connectivity index (χ2n) is 4.60. The van der Waals surface area contributed by atoms with Crippen LogP contribution in [0.5, 0.6) is 0 Å². The standard InChI is InChI=1S/C14H23N3O/c1-3-8-17(9-4-5-14(16)18)12-6-7-13(15)11(2)10-12/h6-7,10H,3-5,8-9,15H2,1-2H3,(H2,16,18). The zero-order valence-electron chi connectivity index (χ0n) is 11.3. The number of amides is 1. The summed E-state index contributed by atoms with van der Waals surface area (Å²) < 4.78 is 0. The van der Waals surface area contributed by atoms with Gasteiger partial charge in [-0.1, -0.05) is 6.92 Å². The van der Waals surface area contributed by atoms with Crippen molar-refractivity contribution in [3.63, 3.8) is 0 Å². The van der Waals surface area contributed by atoms with Crippen LogP contribution < -0.4 is 16.4 Å². The molecule has 18 heavy (non-hydrogen) atoms. The van der Waals surface area contributed by atoms with E-state index in [4.69, 9.17) is 11.5 Å². The summed E-state index contributed by atoms with van der Waals surface area (Å²) >= 11 is 0. The fourth-order valence-electron chi connectivity index (χ4n) is 1.94. The maximum absolute atomic E-state index is 10.8. The minimum absolute atomic E-state index is 0.236. The summed E-state index contributed by atoms with van der Waals surface area (Å²) in [5.74, 6) is -0.236. The molecule has 1 aromatic carbocycles. The SMILES string of the molecule is CCCN(CCCC(N)=O)c1ccc(N)c(C)c1. The van der Waals surface area contributed by atoms with E-state index in [-0.39, 0.29) is 5.91 Å². The summed E-state index contributed by atoms with van der Waals surface area (Å²) in [5.41, 5.74) is 14.0.